The van der Waals surface area contributed by atoms with E-state index in [1.807, 2.05) is 7.05 Å². The molecule has 0 aromatic carbocycles. The van der Waals surface area contributed by atoms with Gasteiger partial charge in [0, 0.05) is 26.8 Å². The Morgan fingerprint density at radius 2 is 1.94 bits per heavy atom. The third-order valence-electron chi connectivity index (χ3n) is 2.34. The Bertz CT molecular complexity index is 153. The Labute approximate surface area is 99.5 Å². The van der Waals surface area contributed by atoms with Gasteiger partial charge in [0.25, 0.3) is 0 Å². The van der Waals surface area contributed by atoms with Gasteiger partial charge in [0.15, 0.2) is 0 Å². The Balaban J connectivity index is 3.33. The molecule has 0 saturated carbocycles. The molecule has 1 unspecified atom stereocenters. The van der Waals surface area contributed by atoms with Gasteiger partial charge >= 0.3 is 0 Å². The fourth-order valence-electron chi connectivity index (χ4n) is 1.34. The van der Waals surface area contributed by atoms with E-state index in [9.17, 15) is 5.11 Å². The van der Waals surface area contributed by atoms with Crippen molar-refractivity contribution >= 4 is 0 Å². The second-order valence-electron chi connectivity index (χ2n) is 4.67. The van der Waals surface area contributed by atoms with E-state index in [0.29, 0.717) is 19.1 Å². The lowest BCUT2D eigenvalue weighted by Crippen LogP contribution is -2.34. The summed E-state index contributed by atoms with van der Waals surface area (Å²) in [5.41, 5.74) is 0. The van der Waals surface area contributed by atoms with Crippen molar-refractivity contribution in [3.63, 3.8) is 0 Å². The summed E-state index contributed by atoms with van der Waals surface area (Å²) < 4.78 is 10.4. The molecule has 1 N–H and O–H groups in total. The van der Waals surface area contributed by atoms with E-state index >= 15 is 0 Å². The van der Waals surface area contributed by atoms with Gasteiger partial charge < -0.3 is 19.5 Å². The maximum Gasteiger partial charge on any atom is 0.0899 e. The highest BCUT2D eigenvalue weighted by molar-refractivity contribution is 4.60. The fourth-order valence-corrected chi connectivity index (χ4v) is 1.34. The van der Waals surface area contributed by atoms with Crippen molar-refractivity contribution in [2.75, 3.05) is 47.1 Å². The number of rotatable bonds is 10. The van der Waals surface area contributed by atoms with Crippen LogP contribution in [0.25, 0.3) is 0 Å². The van der Waals surface area contributed by atoms with E-state index in [4.69, 9.17) is 9.47 Å². The van der Waals surface area contributed by atoms with Crippen LogP contribution in [0.5, 0.6) is 0 Å². The van der Waals surface area contributed by atoms with Crippen LogP contribution in [0, 0.1) is 5.92 Å². The number of ether oxygens (including phenoxy) is 2. The third-order valence-corrected chi connectivity index (χ3v) is 2.34. The Morgan fingerprint density at radius 3 is 2.50 bits per heavy atom. The highest BCUT2D eigenvalue weighted by atomic mass is 16.5. The molecule has 1 atom stereocenters. The number of hydrogen-bond donors (Lipinski definition) is 1. The van der Waals surface area contributed by atoms with Gasteiger partial charge in [-0.25, -0.2) is 0 Å². The number of aliphatic hydroxyl groups is 1. The summed E-state index contributed by atoms with van der Waals surface area (Å²) in [5.74, 6) is 0.696. The van der Waals surface area contributed by atoms with Crippen molar-refractivity contribution < 1.29 is 14.6 Å². The van der Waals surface area contributed by atoms with E-state index in [0.717, 1.165) is 26.2 Å². The molecule has 16 heavy (non-hydrogen) atoms. The van der Waals surface area contributed by atoms with Gasteiger partial charge in [0.1, 0.15) is 0 Å². The minimum Gasteiger partial charge on any atom is -0.389 e. The molecule has 4 heteroatoms. The molecule has 0 aromatic heterocycles. The monoisotopic (exact) mass is 233 g/mol. The first-order valence-electron chi connectivity index (χ1n) is 5.99. The molecule has 0 radical (unpaired) electrons. The van der Waals surface area contributed by atoms with Gasteiger partial charge in [-0.3, -0.25) is 0 Å². The summed E-state index contributed by atoms with van der Waals surface area (Å²) in [4.78, 5) is 2.05. The molecule has 0 fully saturated rings. The van der Waals surface area contributed by atoms with Crippen LogP contribution in [0.2, 0.25) is 0 Å². The van der Waals surface area contributed by atoms with Gasteiger partial charge in [-0.05, 0) is 19.4 Å². The van der Waals surface area contributed by atoms with E-state index in [1.165, 1.54) is 0 Å². The standard InChI is InChI=1S/C12H27NO3/c1-11(2)5-7-16-8-6-13(3)9-12(14)10-15-4/h11-12,14H,5-10H2,1-4H3. The average Bonchev–Trinajstić information content (AvgIpc) is 2.16. The zero-order chi connectivity index (χ0) is 12.4. The maximum atomic E-state index is 9.49. The summed E-state index contributed by atoms with van der Waals surface area (Å²) >= 11 is 0. The topological polar surface area (TPSA) is 41.9 Å². The molecule has 0 amide bonds. The van der Waals surface area contributed by atoms with Gasteiger partial charge in [-0.2, -0.15) is 0 Å². The van der Waals surface area contributed by atoms with Crippen LogP contribution in [-0.4, -0.2) is 63.2 Å². The number of nitrogens with zero attached hydrogens (tertiary/aromatic N) is 1. The van der Waals surface area contributed by atoms with Crippen molar-refractivity contribution in [2.45, 2.75) is 26.4 Å². The Morgan fingerprint density at radius 1 is 1.25 bits per heavy atom. The lowest BCUT2D eigenvalue weighted by molar-refractivity contribution is 0.0340. The smallest absolute Gasteiger partial charge is 0.0899 e. The second kappa shape index (κ2) is 10.0. The highest BCUT2D eigenvalue weighted by Gasteiger charge is 2.07. The Hall–Kier alpha value is -0.160. The number of aliphatic hydroxyl groups excluding tert-OH is 1. The average molecular weight is 233 g/mol. The zero-order valence-electron chi connectivity index (χ0n) is 11.1. The first-order valence-corrected chi connectivity index (χ1v) is 5.99. The van der Waals surface area contributed by atoms with Crippen molar-refractivity contribution in [1.82, 2.24) is 4.90 Å². The number of methoxy groups -OCH3 is 1. The first kappa shape index (κ1) is 15.8. The molecule has 0 spiro atoms. The molecule has 0 aliphatic heterocycles. The van der Waals surface area contributed by atoms with Crippen molar-refractivity contribution in [3.05, 3.63) is 0 Å². The lowest BCUT2D eigenvalue weighted by atomic mass is 10.1. The summed E-state index contributed by atoms with van der Waals surface area (Å²) in [6.07, 6.45) is 0.696. The molecule has 0 bridgehead atoms. The van der Waals surface area contributed by atoms with Crippen LogP contribution in [0.1, 0.15) is 20.3 Å². The van der Waals surface area contributed by atoms with E-state index in [-0.39, 0.29) is 0 Å². The predicted octanol–water partition coefficient (Wildman–Crippen LogP) is 0.988. The predicted molar refractivity (Wildman–Crippen MR) is 65.7 cm³/mol. The minimum absolute atomic E-state index is 0.387. The number of likely N-dealkylation sites (N-methyl/N-ethyl adjacent to an activating group) is 1. The molecule has 98 valence electrons. The van der Waals surface area contributed by atoms with Gasteiger partial charge in [-0.15, -0.1) is 0 Å². The fraction of sp³-hybridized carbons (Fsp3) is 1.00. The van der Waals surface area contributed by atoms with Crippen molar-refractivity contribution in [2.24, 2.45) is 5.92 Å². The summed E-state index contributed by atoms with van der Waals surface area (Å²) in [5, 5.41) is 9.49. The quantitative estimate of drug-likeness (QED) is 0.571. The van der Waals surface area contributed by atoms with E-state index < -0.39 is 6.10 Å². The van der Waals surface area contributed by atoms with Crippen LogP contribution < -0.4 is 0 Å². The van der Waals surface area contributed by atoms with E-state index in [1.54, 1.807) is 7.11 Å². The molecule has 0 aromatic rings. The molecular formula is C12H27NO3. The normalized spacial score (nSPS) is 13.7. The lowest BCUT2D eigenvalue weighted by Gasteiger charge is -2.20. The molecular weight excluding hydrogens is 206 g/mol. The maximum absolute atomic E-state index is 9.49. The van der Waals surface area contributed by atoms with E-state index in [2.05, 4.69) is 18.7 Å². The molecule has 0 aliphatic rings. The first-order chi connectivity index (χ1) is 7.56. The zero-order valence-corrected chi connectivity index (χ0v) is 11.1. The second-order valence-corrected chi connectivity index (χ2v) is 4.67. The highest BCUT2D eigenvalue weighted by Crippen LogP contribution is 1.98. The summed E-state index contributed by atoms with van der Waals surface area (Å²) in [7, 11) is 3.57. The molecule has 0 aliphatic carbocycles. The van der Waals surface area contributed by atoms with Crippen LogP contribution in [-0.2, 0) is 9.47 Å². The van der Waals surface area contributed by atoms with Gasteiger partial charge in [-0.1, -0.05) is 13.8 Å². The summed E-state index contributed by atoms with van der Waals surface area (Å²) in [6, 6.07) is 0. The number of hydrogen-bond acceptors (Lipinski definition) is 4. The van der Waals surface area contributed by atoms with Gasteiger partial charge in [0.05, 0.1) is 19.3 Å². The molecule has 4 nitrogen and oxygen atoms in total. The molecule has 0 saturated heterocycles. The van der Waals surface area contributed by atoms with Crippen LogP contribution in [0.15, 0.2) is 0 Å². The van der Waals surface area contributed by atoms with Gasteiger partial charge in [0.2, 0.25) is 0 Å². The third kappa shape index (κ3) is 10.4. The van der Waals surface area contributed by atoms with Crippen LogP contribution in [0.3, 0.4) is 0 Å². The van der Waals surface area contributed by atoms with Crippen molar-refractivity contribution in [1.29, 1.82) is 0 Å². The summed E-state index contributed by atoms with van der Waals surface area (Å²) in [6.45, 7) is 7.79. The largest absolute Gasteiger partial charge is 0.389 e. The molecule has 0 heterocycles. The van der Waals surface area contributed by atoms with Crippen LogP contribution in [0.4, 0.5) is 0 Å². The molecule has 0 rings (SSSR count). The van der Waals surface area contributed by atoms with Crippen LogP contribution >= 0.6 is 0 Å². The minimum atomic E-state index is -0.411. The SMILES string of the molecule is COCC(O)CN(C)CCOCCC(C)C. The van der Waals surface area contributed by atoms with Crippen molar-refractivity contribution in [3.8, 4) is 0 Å². The Kier molecular flexibility index (Phi) is 9.92.